The average molecular weight is 467 g/mol. The second-order valence-electron chi connectivity index (χ2n) is 7.39. The molecule has 0 spiro atoms. The molecule has 1 fully saturated rings. The van der Waals surface area contributed by atoms with Crippen molar-refractivity contribution in [3.05, 3.63) is 42.2 Å². The number of aromatic nitrogens is 2. The van der Waals surface area contributed by atoms with E-state index in [1.165, 1.54) is 24.3 Å². The van der Waals surface area contributed by atoms with Crippen LogP contribution < -0.4 is 21.3 Å². The molecule has 7 N–H and O–H groups in total. The van der Waals surface area contributed by atoms with Crippen LogP contribution in [0.15, 0.2) is 41.4 Å². The van der Waals surface area contributed by atoms with Gasteiger partial charge in [0.1, 0.15) is 12.1 Å². The maximum atomic E-state index is 12.4. The van der Waals surface area contributed by atoms with Gasteiger partial charge in [0, 0.05) is 19.2 Å². The number of nitrogen functional groups attached to an aromatic ring is 1. The number of carboxylic acids is 1. The Hall–Kier alpha value is -3.00. The zero-order chi connectivity index (χ0) is 23.1. The number of carbonyl (C=O) groups is 2. The van der Waals surface area contributed by atoms with Gasteiger partial charge in [0.2, 0.25) is 15.9 Å². The third kappa shape index (κ3) is 6.50. The molecule has 0 radical (unpaired) electrons. The molecule has 32 heavy (non-hydrogen) atoms. The van der Waals surface area contributed by atoms with E-state index in [9.17, 15) is 23.1 Å². The summed E-state index contributed by atoms with van der Waals surface area (Å²) in [5.41, 5.74) is 9.03. The van der Waals surface area contributed by atoms with E-state index in [0.29, 0.717) is 25.2 Å². The van der Waals surface area contributed by atoms with Gasteiger partial charge < -0.3 is 21.1 Å². The molecule has 3 atom stereocenters. The first-order valence-electron chi connectivity index (χ1n) is 10.0. The second-order valence-corrected chi connectivity index (χ2v) is 9.10. The number of anilines is 1. The number of nitrogens with two attached hydrogens (primary N) is 1. The molecule has 2 heterocycles. The number of carbonyl (C=O) groups excluding carboxylic acids is 1. The SMILES string of the molecule is Nc1nc(CCCC2CC(C(=O)NCC(NS(=O)(=O)c3ccccc3)C(=O)O)NO2)c[nH]1. The van der Waals surface area contributed by atoms with Gasteiger partial charge >= 0.3 is 5.97 Å². The van der Waals surface area contributed by atoms with E-state index in [4.69, 9.17) is 10.6 Å². The molecular formula is C19H26N6O6S. The number of hydroxylamine groups is 1. The van der Waals surface area contributed by atoms with Gasteiger partial charge in [0.25, 0.3) is 0 Å². The number of imidazole rings is 1. The van der Waals surface area contributed by atoms with E-state index in [2.05, 4.69) is 25.5 Å². The van der Waals surface area contributed by atoms with Crippen molar-refractivity contribution in [3.63, 3.8) is 0 Å². The number of hydrogen-bond acceptors (Lipinski definition) is 8. The van der Waals surface area contributed by atoms with Crippen LogP contribution in [-0.2, 0) is 30.9 Å². The highest BCUT2D eigenvalue weighted by molar-refractivity contribution is 7.89. The molecule has 1 saturated heterocycles. The number of H-pyrrole nitrogens is 1. The van der Waals surface area contributed by atoms with E-state index < -0.39 is 40.5 Å². The topological polar surface area (TPSA) is 189 Å². The fourth-order valence-electron chi connectivity index (χ4n) is 3.25. The van der Waals surface area contributed by atoms with E-state index >= 15 is 0 Å². The fourth-order valence-corrected chi connectivity index (χ4v) is 4.46. The third-order valence-corrected chi connectivity index (χ3v) is 6.42. The van der Waals surface area contributed by atoms with Crippen molar-refractivity contribution in [2.45, 2.75) is 48.8 Å². The highest BCUT2D eigenvalue weighted by Crippen LogP contribution is 2.17. The van der Waals surface area contributed by atoms with Crippen molar-refractivity contribution in [1.82, 2.24) is 25.5 Å². The maximum Gasteiger partial charge on any atom is 0.323 e. The smallest absolute Gasteiger partial charge is 0.323 e. The largest absolute Gasteiger partial charge is 0.480 e. The van der Waals surface area contributed by atoms with Crippen molar-refractivity contribution in [3.8, 4) is 0 Å². The van der Waals surface area contributed by atoms with Crippen molar-refractivity contribution in [2.75, 3.05) is 12.3 Å². The predicted molar refractivity (Wildman–Crippen MR) is 114 cm³/mol. The summed E-state index contributed by atoms with van der Waals surface area (Å²) in [5, 5.41) is 11.8. The second kappa shape index (κ2) is 10.5. The van der Waals surface area contributed by atoms with Crippen molar-refractivity contribution in [1.29, 1.82) is 0 Å². The highest BCUT2D eigenvalue weighted by atomic mass is 32.2. The summed E-state index contributed by atoms with van der Waals surface area (Å²) in [6.07, 6.45) is 4.15. The van der Waals surface area contributed by atoms with Crippen molar-refractivity contribution < 1.29 is 28.0 Å². The molecule has 0 aliphatic carbocycles. The Bertz CT molecular complexity index is 1030. The highest BCUT2D eigenvalue weighted by Gasteiger charge is 2.32. The molecule has 3 unspecified atom stereocenters. The Morgan fingerprint density at radius 3 is 2.72 bits per heavy atom. The van der Waals surface area contributed by atoms with Crippen LogP contribution >= 0.6 is 0 Å². The summed E-state index contributed by atoms with van der Waals surface area (Å²) in [7, 11) is -4.05. The molecule has 1 aliphatic rings. The molecule has 1 aromatic carbocycles. The van der Waals surface area contributed by atoms with Crippen LogP contribution in [0, 0.1) is 0 Å². The number of aliphatic carboxylic acids is 1. The van der Waals surface area contributed by atoms with Gasteiger partial charge in [0.15, 0.2) is 5.95 Å². The minimum Gasteiger partial charge on any atom is -0.480 e. The van der Waals surface area contributed by atoms with Crippen LogP contribution in [0.3, 0.4) is 0 Å². The van der Waals surface area contributed by atoms with Crippen LogP contribution in [-0.4, -0.2) is 60.1 Å². The first-order chi connectivity index (χ1) is 15.2. The Balaban J connectivity index is 1.44. The molecule has 3 rings (SSSR count). The third-order valence-electron chi connectivity index (χ3n) is 4.93. The monoisotopic (exact) mass is 466 g/mol. The lowest BCUT2D eigenvalue weighted by Gasteiger charge is -2.17. The summed E-state index contributed by atoms with van der Waals surface area (Å²) in [6.45, 7) is -0.413. The lowest BCUT2D eigenvalue weighted by Crippen LogP contribution is -2.51. The number of hydrogen-bond donors (Lipinski definition) is 6. The van der Waals surface area contributed by atoms with E-state index in [0.717, 1.165) is 12.1 Å². The van der Waals surface area contributed by atoms with Crippen LogP contribution in [0.1, 0.15) is 25.0 Å². The standard InChI is InChI=1S/C19H26N6O6S/c20-19-22-10-12(23-19)5-4-6-13-9-15(24-31-13)17(26)21-11-16(18(27)28)25-32(29,30)14-7-2-1-3-8-14/h1-3,7-8,10,13,15-16,24-25H,4-6,9,11H2,(H,21,26)(H,27,28)(H3,20,22,23). The quantitative estimate of drug-likeness (QED) is 0.254. The van der Waals surface area contributed by atoms with Gasteiger partial charge in [-0.25, -0.2) is 13.4 Å². The molecule has 174 valence electrons. The summed E-state index contributed by atoms with van der Waals surface area (Å²) in [6, 6.07) is 5.20. The zero-order valence-corrected chi connectivity index (χ0v) is 18.0. The number of rotatable bonds is 11. The Labute approximate surface area is 184 Å². The normalized spacial score (nSPS) is 19.5. The minimum absolute atomic E-state index is 0.0659. The van der Waals surface area contributed by atoms with E-state index in [1.54, 1.807) is 12.3 Å². The first-order valence-corrected chi connectivity index (χ1v) is 11.5. The first kappa shape index (κ1) is 23.7. The zero-order valence-electron chi connectivity index (χ0n) is 17.2. The molecular weight excluding hydrogens is 440 g/mol. The predicted octanol–water partition coefficient (Wildman–Crippen LogP) is -0.475. The van der Waals surface area contributed by atoms with E-state index in [1.807, 2.05) is 0 Å². The Morgan fingerprint density at radius 2 is 2.06 bits per heavy atom. The summed E-state index contributed by atoms with van der Waals surface area (Å²) in [4.78, 5) is 36.2. The van der Waals surface area contributed by atoms with E-state index in [-0.39, 0.29) is 11.0 Å². The summed E-state index contributed by atoms with van der Waals surface area (Å²) >= 11 is 0. The molecule has 12 nitrogen and oxygen atoms in total. The molecule has 1 aromatic heterocycles. The average Bonchev–Trinajstić information content (AvgIpc) is 3.40. The summed E-state index contributed by atoms with van der Waals surface area (Å²) in [5.74, 6) is -1.52. The van der Waals surface area contributed by atoms with Gasteiger partial charge in [-0.2, -0.15) is 10.2 Å². The fraction of sp³-hybridized carbons (Fsp3) is 0.421. The number of amides is 1. The summed E-state index contributed by atoms with van der Waals surface area (Å²) < 4.78 is 26.8. The van der Waals surface area contributed by atoms with Gasteiger partial charge in [-0.15, -0.1) is 0 Å². The Kier molecular flexibility index (Phi) is 7.80. The molecule has 0 bridgehead atoms. The van der Waals surface area contributed by atoms with Crippen molar-refractivity contribution in [2.24, 2.45) is 0 Å². The number of aryl methyl sites for hydroxylation is 1. The number of sulfonamides is 1. The minimum atomic E-state index is -4.05. The molecule has 0 saturated carbocycles. The molecule has 1 amide bonds. The lowest BCUT2D eigenvalue weighted by atomic mass is 10.0. The molecule has 13 heteroatoms. The van der Waals surface area contributed by atoms with Gasteiger partial charge in [-0.1, -0.05) is 18.2 Å². The van der Waals surface area contributed by atoms with Crippen LogP contribution in [0.25, 0.3) is 0 Å². The van der Waals surface area contributed by atoms with Gasteiger partial charge in [-0.05, 0) is 31.4 Å². The number of benzene rings is 1. The number of nitrogens with zero attached hydrogens (tertiary/aromatic N) is 1. The Morgan fingerprint density at radius 1 is 1.31 bits per heavy atom. The maximum absolute atomic E-state index is 12.4. The van der Waals surface area contributed by atoms with Crippen molar-refractivity contribution >= 4 is 27.8 Å². The van der Waals surface area contributed by atoms with Gasteiger partial charge in [-0.3, -0.25) is 14.4 Å². The lowest BCUT2D eigenvalue weighted by molar-refractivity contribution is -0.139. The number of carboxylic acid groups (broad SMARTS) is 1. The van der Waals surface area contributed by atoms with Crippen LogP contribution in [0.2, 0.25) is 0 Å². The van der Waals surface area contributed by atoms with Crippen LogP contribution in [0.4, 0.5) is 5.95 Å². The molecule has 2 aromatic rings. The number of nitrogens with one attached hydrogen (secondary N) is 4. The molecule has 1 aliphatic heterocycles. The van der Waals surface area contributed by atoms with Crippen LogP contribution in [0.5, 0.6) is 0 Å². The van der Waals surface area contributed by atoms with Gasteiger partial charge in [0.05, 0.1) is 16.7 Å². The number of aromatic amines is 1.